The average molecular weight is 503 g/mol. The van der Waals surface area contributed by atoms with E-state index >= 15 is 0 Å². The zero-order valence-corrected chi connectivity index (χ0v) is 21.0. The molecule has 2 aromatic carbocycles. The minimum absolute atomic E-state index is 0.0320. The fourth-order valence-corrected chi connectivity index (χ4v) is 4.61. The van der Waals surface area contributed by atoms with Crippen LogP contribution in [0.25, 0.3) is 10.4 Å². The molecule has 0 saturated carbocycles. The maximum Gasteiger partial charge on any atom is 0.324 e. The summed E-state index contributed by atoms with van der Waals surface area (Å²) in [5.41, 5.74) is 9.88. The monoisotopic (exact) mass is 502 g/mol. The van der Waals surface area contributed by atoms with Gasteiger partial charge in [0.2, 0.25) is 10.0 Å². The number of benzene rings is 2. The van der Waals surface area contributed by atoms with Crippen LogP contribution in [-0.4, -0.2) is 39.3 Å². The van der Waals surface area contributed by atoms with Crippen molar-refractivity contribution < 1.29 is 22.7 Å². The summed E-state index contributed by atoms with van der Waals surface area (Å²) in [6.07, 6.45) is 3.90. The second-order valence-corrected chi connectivity index (χ2v) is 10.0. The van der Waals surface area contributed by atoms with E-state index in [2.05, 4.69) is 14.7 Å². The molecule has 0 spiro atoms. The van der Waals surface area contributed by atoms with E-state index in [4.69, 9.17) is 15.0 Å². The molecule has 0 amide bonds. The van der Waals surface area contributed by atoms with Crippen LogP contribution in [0.1, 0.15) is 50.2 Å². The van der Waals surface area contributed by atoms with E-state index < -0.39 is 22.0 Å². The summed E-state index contributed by atoms with van der Waals surface area (Å²) in [6, 6.07) is 15.4. The predicted molar refractivity (Wildman–Crippen MR) is 135 cm³/mol. The summed E-state index contributed by atoms with van der Waals surface area (Å²) in [5, 5.41) is 3.48. The zero-order chi connectivity index (χ0) is 25.4. The van der Waals surface area contributed by atoms with Crippen LogP contribution in [0.2, 0.25) is 0 Å². The molecule has 1 N–H and O–H groups in total. The smallest absolute Gasteiger partial charge is 0.324 e. The number of azide groups is 1. The molecule has 190 valence electrons. The number of carbonyl (C=O) groups is 1. The Balaban J connectivity index is 1.99. The van der Waals surface area contributed by atoms with Gasteiger partial charge in [-0.05, 0) is 54.5 Å². The highest BCUT2D eigenvalue weighted by molar-refractivity contribution is 7.89. The largest absolute Gasteiger partial charge is 0.494 e. The first kappa shape index (κ1) is 28.2. The number of sulfonamides is 1. The van der Waals surface area contributed by atoms with Crippen molar-refractivity contribution >= 4 is 16.0 Å². The molecule has 0 aliphatic rings. The highest BCUT2D eigenvalue weighted by atomic mass is 32.2. The molecule has 2 rings (SSSR count). The lowest BCUT2D eigenvalue weighted by molar-refractivity contribution is -0.147. The topological polar surface area (TPSA) is 130 Å². The lowest BCUT2D eigenvalue weighted by atomic mass is 10.1. The molecule has 0 aliphatic carbocycles. The summed E-state index contributed by atoms with van der Waals surface area (Å²) in [5.74, 6) is 0.0182. The maximum absolute atomic E-state index is 12.8. The number of esters is 1. The van der Waals surface area contributed by atoms with Crippen LogP contribution in [-0.2, 0) is 32.6 Å². The van der Waals surface area contributed by atoms with Crippen molar-refractivity contribution in [1.29, 1.82) is 0 Å². The molecule has 0 unspecified atom stereocenters. The summed E-state index contributed by atoms with van der Waals surface area (Å²) >= 11 is 0. The number of rotatable bonds is 17. The lowest BCUT2D eigenvalue weighted by Crippen LogP contribution is -2.44. The van der Waals surface area contributed by atoms with Crippen LogP contribution < -0.4 is 9.46 Å². The molecule has 0 radical (unpaired) electrons. The fourth-order valence-electron chi connectivity index (χ4n) is 3.30. The van der Waals surface area contributed by atoms with Crippen molar-refractivity contribution in [2.24, 2.45) is 5.11 Å². The molecular weight excluding hydrogens is 468 g/mol. The zero-order valence-electron chi connectivity index (χ0n) is 20.1. The molecule has 0 aliphatic heterocycles. The number of ether oxygens (including phenoxy) is 2. The Morgan fingerprint density at radius 3 is 2.46 bits per heavy atom. The van der Waals surface area contributed by atoms with E-state index in [0.29, 0.717) is 25.3 Å². The minimum Gasteiger partial charge on any atom is -0.494 e. The van der Waals surface area contributed by atoms with Gasteiger partial charge in [0.25, 0.3) is 0 Å². The van der Waals surface area contributed by atoms with E-state index in [1.165, 1.54) is 0 Å². The van der Waals surface area contributed by atoms with E-state index in [1.54, 1.807) is 24.3 Å². The average Bonchev–Trinajstić information content (AvgIpc) is 2.86. The second-order valence-electron chi connectivity index (χ2n) is 8.15. The summed E-state index contributed by atoms with van der Waals surface area (Å²) in [7, 11) is -3.64. The summed E-state index contributed by atoms with van der Waals surface area (Å²) in [4.78, 5) is 15.6. The van der Waals surface area contributed by atoms with Crippen molar-refractivity contribution in [2.45, 2.75) is 58.1 Å². The van der Waals surface area contributed by atoms with Gasteiger partial charge in [-0.15, -0.1) is 0 Å². The lowest BCUT2D eigenvalue weighted by Gasteiger charge is -2.18. The van der Waals surface area contributed by atoms with E-state index in [-0.39, 0.29) is 18.8 Å². The van der Waals surface area contributed by atoms with Gasteiger partial charge in [-0.25, -0.2) is 13.1 Å². The molecule has 10 heteroatoms. The van der Waals surface area contributed by atoms with Gasteiger partial charge in [0.1, 0.15) is 18.4 Å². The first-order valence-corrected chi connectivity index (χ1v) is 13.5. The molecule has 0 heterocycles. The van der Waals surface area contributed by atoms with Crippen LogP contribution in [0.3, 0.4) is 0 Å². The van der Waals surface area contributed by atoms with Gasteiger partial charge in [0.05, 0.1) is 12.4 Å². The van der Waals surface area contributed by atoms with E-state index in [1.807, 2.05) is 37.3 Å². The van der Waals surface area contributed by atoms with Gasteiger partial charge in [-0.2, -0.15) is 0 Å². The third-order valence-electron chi connectivity index (χ3n) is 5.19. The number of hydrogen-bond acceptors (Lipinski definition) is 6. The van der Waals surface area contributed by atoms with Gasteiger partial charge in [-0.1, -0.05) is 67.3 Å². The number of nitrogens with one attached hydrogen (secondary N) is 1. The van der Waals surface area contributed by atoms with Gasteiger partial charge in [0, 0.05) is 11.5 Å². The van der Waals surface area contributed by atoms with Crippen molar-refractivity contribution in [1.82, 2.24) is 4.72 Å². The fraction of sp³-hybridized carbons (Fsp3) is 0.480. The predicted octanol–water partition coefficient (Wildman–Crippen LogP) is 4.92. The third kappa shape index (κ3) is 11.8. The van der Waals surface area contributed by atoms with E-state index in [9.17, 15) is 13.2 Å². The molecule has 2 aromatic rings. The SMILES string of the molecule is CCCCCS(=O)(=O)N[C@@H](Cc1ccc(OCCCCN=[N+]=[N-])cc1)C(=O)OCc1ccccc1. The minimum atomic E-state index is -3.64. The second kappa shape index (κ2) is 15.8. The van der Waals surface area contributed by atoms with Gasteiger partial charge >= 0.3 is 5.97 Å². The van der Waals surface area contributed by atoms with Crippen molar-refractivity contribution in [3.63, 3.8) is 0 Å². The summed E-state index contributed by atoms with van der Waals surface area (Å²) < 4.78 is 38.8. The van der Waals surface area contributed by atoms with E-state index in [0.717, 1.165) is 36.8 Å². The number of unbranched alkanes of at least 4 members (excludes halogenated alkanes) is 3. The standard InChI is InChI=1S/C25H34N4O5S/c1-2-3-9-18-35(31,32)28-24(25(30)34-20-22-10-5-4-6-11-22)19-21-12-14-23(15-13-21)33-17-8-7-16-27-29-26/h4-6,10-15,24,28H,2-3,7-9,16-20H2,1H3/t24-/m0/s1. The highest BCUT2D eigenvalue weighted by Gasteiger charge is 2.26. The molecule has 9 nitrogen and oxygen atoms in total. The van der Waals surface area contributed by atoms with Crippen LogP contribution in [0.5, 0.6) is 5.75 Å². The summed E-state index contributed by atoms with van der Waals surface area (Å²) in [6.45, 7) is 3.00. The molecule has 35 heavy (non-hydrogen) atoms. The number of nitrogens with zero attached hydrogens (tertiary/aromatic N) is 3. The van der Waals surface area contributed by atoms with Gasteiger partial charge < -0.3 is 9.47 Å². The van der Waals surface area contributed by atoms with Gasteiger partial charge in [0.15, 0.2) is 0 Å². The Morgan fingerprint density at radius 1 is 1.03 bits per heavy atom. The Morgan fingerprint density at radius 2 is 1.77 bits per heavy atom. The number of carbonyl (C=O) groups excluding carboxylic acids is 1. The van der Waals surface area contributed by atoms with Gasteiger partial charge in [-0.3, -0.25) is 4.79 Å². The molecule has 0 aromatic heterocycles. The van der Waals surface area contributed by atoms with Crippen LogP contribution in [0, 0.1) is 0 Å². The van der Waals surface area contributed by atoms with Crippen molar-refractivity contribution in [2.75, 3.05) is 18.9 Å². The maximum atomic E-state index is 12.8. The first-order valence-electron chi connectivity index (χ1n) is 11.9. The molecule has 0 saturated heterocycles. The third-order valence-corrected chi connectivity index (χ3v) is 6.66. The number of hydrogen-bond donors (Lipinski definition) is 1. The quantitative estimate of drug-likeness (QED) is 0.108. The Hall–Kier alpha value is -3.07. The molecule has 0 fully saturated rings. The molecule has 1 atom stereocenters. The van der Waals surface area contributed by atoms with Crippen LogP contribution >= 0.6 is 0 Å². The first-order chi connectivity index (χ1) is 16.9. The van der Waals surface area contributed by atoms with Crippen LogP contribution in [0.15, 0.2) is 59.7 Å². The normalized spacial score (nSPS) is 11.9. The van der Waals surface area contributed by atoms with Crippen molar-refractivity contribution in [3.8, 4) is 5.75 Å². The van der Waals surface area contributed by atoms with Crippen LogP contribution in [0.4, 0.5) is 0 Å². The Bertz CT molecular complexity index is 1040. The highest BCUT2D eigenvalue weighted by Crippen LogP contribution is 2.15. The van der Waals surface area contributed by atoms with Crippen molar-refractivity contribution in [3.05, 3.63) is 76.2 Å². The molecular formula is C25H34N4O5S. The molecule has 0 bridgehead atoms. The Kier molecular flexibility index (Phi) is 12.7. The Labute approximate surface area is 207 Å².